The number of nitrogens with zero attached hydrogens (tertiary/aromatic N) is 1. The molecule has 0 saturated carbocycles. The molecule has 2 aliphatic heterocycles. The molecule has 1 saturated heterocycles. The number of carboxylic acid groups (broad SMARTS) is 1. The zero-order valence-corrected chi connectivity index (χ0v) is 13.0. The topological polar surface area (TPSA) is 78.9 Å². The van der Waals surface area contributed by atoms with E-state index in [4.69, 9.17) is 21.7 Å². The van der Waals surface area contributed by atoms with Crippen LogP contribution in [-0.4, -0.2) is 33.9 Å². The largest absolute Gasteiger partial charge is 0.548 e. The van der Waals surface area contributed by atoms with E-state index in [0.29, 0.717) is 16.4 Å². The van der Waals surface area contributed by atoms with Crippen molar-refractivity contribution in [3.8, 4) is 11.5 Å². The van der Waals surface area contributed by atoms with E-state index in [1.54, 1.807) is 24.3 Å². The van der Waals surface area contributed by atoms with Gasteiger partial charge in [-0.05, 0) is 30.7 Å². The van der Waals surface area contributed by atoms with Gasteiger partial charge in [-0.15, -0.1) is 0 Å². The van der Waals surface area contributed by atoms with Crippen molar-refractivity contribution in [3.05, 3.63) is 28.7 Å². The van der Waals surface area contributed by atoms with Gasteiger partial charge in [-0.3, -0.25) is 9.69 Å². The van der Waals surface area contributed by atoms with Crippen LogP contribution in [0.4, 0.5) is 0 Å². The molecule has 114 valence electrons. The Labute approximate surface area is 135 Å². The molecule has 1 atom stereocenters. The molecular formula is C14H10NO5S2-. The van der Waals surface area contributed by atoms with Crippen molar-refractivity contribution in [1.29, 1.82) is 0 Å². The van der Waals surface area contributed by atoms with E-state index < -0.39 is 17.9 Å². The summed E-state index contributed by atoms with van der Waals surface area (Å²) in [6.45, 7) is 1.54. The Morgan fingerprint density at radius 3 is 2.91 bits per heavy atom. The van der Waals surface area contributed by atoms with Gasteiger partial charge in [0.15, 0.2) is 11.5 Å². The molecule has 0 spiro atoms. The lowest BCUT2D eigenvalue weighted by Gasteiger charge is -2.23. The van der Waals surface area contributed by atoms with Crippen molar-refractivity contribution in [1.82, 2.24) is 4.90 Å². The molecule has 8 heteroatoms. The predicted molar refractivity (Wildman–Crippen MR) is 82.0 cm³/mol. The summed E-state index contributed by atoms with van der Waals surface area (Å²) < 4.78 is 10.7. The summed E-state index contributed by atoms with van der Waals surface area (Å²) in [4.78, 5) is 24.7. The number of thioether (sulfide) groups is 1. The molecule has 2 heterocycles. The molecule has 1 aromatic carbocycles. The number of carboxylic acids is 1. The Balaban J connectivity index is 1.88. The first-order valence-corrected chi connectivity index (χ1v) is 7.57. The smallest absolute Gasteiger partial charge is 0.266 e. The predicted octanol–water partition coefficient (Wildman–Crippen LogP) is 0.755. The summed E-state index contributed by atoms with van der Waals surface area (Å²) >= 11 is 6.14. The van der Waals surface area contributed by atoms with E-state index in [9.17, 15) is 14.7 Å². The van der Waals surface area contributed by atoms with Crippen LogP contribution in [0.25, 0.3) is 6.08 Å². The third-order valence-electron chi connectivity index (χ3n) is 3.25. The quantitative estimate of drug-likeness (QED) is 0.595. The molecule has 2 aliphatic rings. The second-order valence-corrected chi connectivity index (χ2v) is 6.34. The standard InChI is InChI=1S/C14H11NO5S2/c1-7(13(17)18)15-12(16)11(22-14(15)21)5-8-2-3-9-10(4-8)20-6-19-9/h2-5,7H,6H2,1H3,(H,17,18)/p-1. The molecule has 0 radical (unpaired) electrons. The Hall–Kier alpha value is -2.06. The minimum Gasteiger partial charge on any atom is -0.548 e. The van der Waals surface area contributed by atoms with E-state index in [0.717, 1.165) is 22.2 Å². The minimum atomic E-state index is -1.35. The number of amides is 1. The number of aliphatic carboxylic acids is 1. The highest BCUT2D eigenvalue weighted by Gasteiger charge is 2.35. The van der Waals surface area contributed by atoms with Gasteiger partial charge in [-0.1, -0.05) is 30.0 Å². The number of fused-ring (bicyclic) bond motifs is 1. The highest BCUT2D eigenvalue weighted by Crippen LogP contribution is 2.36. The molecule has 1 amide bonds. The Morgan fingerprint density at radius 2 is 2.18 bits per heavy atom. The lowest BCUT2D eigenvalue weighted by Crippen LogP contribution is -2.48. The van der Waals surface area contributed by atoms with Crippen molar-refractivity contribution in [3.63, 3.8) is 0 Å². The van der Waals surface area contributed by atoms with Crippen LogP contribution < -0.4 is 14.6 Å². The first kappa shape index (κ1) is 14.9. The fourth-order valence-corrected chi connectivity index (χ4v) is 3.49. The average Bonchev–Trinajstić information content (AvgIpc) is 3.03. The maximum absolute atomic E-state index is 12.3. The Kier molecular flexibility index (Phi) is 3.79. The lowest BCUT2D eigenvalue weighted by atomic mass is 10.2. The van der Waals surface area contributed by atoms with E-state index in [1.165, 1.54) is 6.92 Å². The van der Waals surface area contributed by atoms with E-state index >= 15 is 0 Å². The lowest BCUT2D eigenvalue weighted by molar-refractivity contribution is -0.309. The van der Waals surface area contributed by atoms with Gasteiger partial charge in [-0.25, -0.2) is 0 Å². The number of thiocarbonyl (C=S) groups is 1. The number of rotatable bonds is 3. The van der Waals surface area contributed by atoms with Crippen LogP contribution in [0, 0.1) is 0 Å². The summed E-state index contributed by atoms with van der Waals surface area (Å²) in [7, 11) is 0. The fourth-order valence-electron chi connectivity index (χ4n) is 2.07. The van der Waals surface area contributed by atoms with E-state index in [1.807, 2.05) is 0 Å². The van der Waals surface area contributed by atoms with Crippen molar-refractivity contribution in [2.24, 2.45) is 0 Å². The van der Waals surface area contributed by atoms with E-state index in [-0.39, 0.29) is 11.1 Å². The summed E-state index contributed by atoms with van der Waals surface area (Å²) in [6, 6.07) is 4.17. The SMILES string of the molecule is CC(C(=O)[O-])N1C(=O)C(=Cc2ccc3c(c2)OCO3)SC1=S. The summed E-state index contributed by atoms with van der Waals surface area (Å²) in [5.74, 6) is -0.535. The highest BCUT2D eigenvalue weighted by molar-refractivity contribution is 8.26. The van der Waals surface area contributed by atoms with Gasteiger partial charge in [0, 0.05) is 0 Å². The van der Waals surface area contributed by atoms with Crippen LogP contribution in [-0.2, 0) is 9.59 Å². The number of hydrogen-bond donors (Lipinski definition) is 0. The summed E-state index contributed by atoms with van der Waals surface area (Å²) in [5, 5.41) is 10.9. The maximum atomic E-state index is 12.3. The van der Waals surface area contributed by atoms with Crippen molar-refractivity contribution in [2.75, 3.05) is 6.79 Å². The number of benzene rings is 1. The van der Waals surface area contributed by atoms with Gasteiger partial charge in [0.25, 0.3) is 5.91 Å². The van der Waals surface area contributed by atoms with Gasteiger partial charge < -0.3 is 19.4 Å². The third kappa shape index (κ3) is 2.55. The Bertz CT molecular complexity index is 715. The molecule has 0 bridgehead atoms. The Morgan fingerprint density at radius 1 is 1.45 bits per heavy atom. The molecule has 0 N–H and O–H groups in total. The van der Waals surface area contributed by atoms with Gasteiger partial charge in [-0.2, -0.15) is 0 Å². The van der Waals surface area contributed by atoms with Crippen molar-refractivity contribution in [2.45, 2.75) is 13.0 Å². The summed E-state index contributed by atoms with van der Waals surface area (Å²) in [5.41, 5.74) is 0.742. The summed E-state index contributed by atoms with van der Waals surface area (Å²) in [6.07, 6.45) is 1.64. The molecule has 3 rings (SSSR count). The number of carbonyl (C=O) groups excluding carboxylic acids is 2. The van der Waals surface area contributed by atoms with Crippen molar-refractivity contribution >= 4 is 46.3 Å². The van der Waals surface area contributed by atoms with Crippen LogP contribution in [0.15, 0.2) is 23.1 Å². The van der Waals surface area contributed by atoms with E-state index in [2.05, 4.69) is 0 Å². The van der Waals surface area contributed by atoms with Gasteiger partial charge >= 0.3 is 0 Å². The van der Waals surface area contributed by atoms with Crippen LogP contribution in [0.2, 0.25) is 0 Å². The van der Waals surface area contributed by atoms with Gasteiger partial charge in [0.2, 0.25) is 6.79 Å². The highest BCUT2D eigenvalue weighted by atomic mass is 32.2. The molecule has 0 aliphatic carbocycles. The minimum absolute atomic E-state index is 0.171. The van der Waals surface area contributed by atoms with Gasteiger partial charge in [0.05, 0.1) is 16.9 Å². The molecular weight excluding hydrogens is 326 g/mol. The first-order chi connectivity index (χ1) is 10.5. The number of hydrogen-bond acceptors (Lipinski definition) is 7. The number of carbonyl (C=O) groups is 2. The third-order valence-corrected chi connectivity index (χ3v) is 4.58. The van der Waals surface area contributed by atoms with Crippen LogP contribution >= 0.6 is 24.0 Å². The van der Waals surface area contributed by atoms with Gasteiger partial charge in [0.1, 0.15) is 4.32 Å². The molecule has 1 unspecified atom stereocenters. The molecule has 0 aromatic heterocycles. The van der Waals surface area contributed by atoms with Crippen LogP contribution in [0.3, 0.4) is 0 Å². The van der Waals surface area contributed by atoms with Crippen molar-refractivity contribution < 1.29 is 24.2 Å². The molecule has 6 nitrogen and oxygen atoms in total. The first-order valence-electron chi connectivity index (χ1n) is 6.35. The second-order valence-electron chi connectivity index (χ2n) is 4.66. The molecule has 1 aromatic rings. The zero-order chi connectivity index (χ0) is 15.9. The number of ether oxygens (including phenoxy) is 2. The van der Waals surface area contributed by atoms with Crippen LogP contribution in [0.1, 0.15) is 12.5 Å². The maximum Gasteiger partial charge on any atom is 0.266 e. The average molecular weight is 336 g/mol. The molecule has 1 fully saturated rings. The second kappa shape index (κ2) is 5.62. The normalized spacial score (nSPS) is 19.9. The zero-order valence-electron chi connectivity index (χ0n) is 11.4. The monoisotopic (exact) mass is 336 g/mol. The molecule has 22 heavy (non-hydrogen) atoms. The van der Waals surface area contributed by atoms with Crippen LogP contribution in [0.5, 0.6) is 11.5 Å². The fraction of sp³-hybridized carbons (Fsp3) is 0.214.